The van der Waals surface area contributed by atoms with Crippen LogP contribution in [0.15, 0.2) is 22.7 Å². The highest BCUT2D eigenvalue weighted by atomic mass is 79.9. The summed E-state index contributed by atoms with van der Waals surface area (Å²) in [6.45, 7) is 1.67. The molecule has 0 N–H and O–H groups in total. The molecule has 0 unspecified atom stereocenters. The third-order valence-corrected chi connectivity index (χ3v) is 3.10. The maximum Gasteiger partial charge on any atom is 0.312 e. The lowest BCUT2D eigenvalue weighted by atomic mass is 10.2. The zero-order valence-corrected chi connectivity index (χ0v) is 12.2. The standard InChI is InChI=1S/C12H9BrN4O3/c1-7-9(6-14)12(16(2)15-7)20-11-4-3-8(13)5-10(11)17(18)19/h3-5H,1-2H3. The minimum Gasteiger partial charge on any atom is -0.431 e. The van der Waals surface area contributed by atoms with Crippen molar-refractivity contribution in [3.8, 4) is 17.7 Å². The highest BCUT2D eigenvalue weighted by molar-refractivity contribution is 9.10. The van der Waals surface area contributed by atoms with Gasteiger partial charge in [0.05, 0.1) is 10.6 Å². The van der Waals surface area contributed by atoms with Crippen molar-refractivity contribution in [1.29, 1.82) is 5.26 Å². The number of halogens is 1. The van der Waals surface area contributed by atoms with Crippen molar-refractivity contribution in [1.82, 2.24) is 9.78 Å². The quantitative estimate of drug-likeness (QED) is 0.634. The van der Waals surface area contributed by atoms with Crippen molar-refractivity contribution in [2.45, 2.75) is 6.92 Å². The molecular formula is C12H9BrN4O3. The predicted molar refractivity (Wildman–Crippen MR) is 73.5 cm³/mol. The molecule has 2 rings (SSSR count). The van der Waals surface area contributed by atoms with Gasteiger partial charge in [-0.15, -0.1) is 0 Å². The molecule has 0 radical (unpaired) electrons. The molecule has 0 saturated heterocycles. The summed E-state index contributed by atoms with van der Waals surface area (Å²) in [6.07, 6.45) is 0. The molecule has 0 aliphatic carbocycles. The second-order valence-corrected chi connectivity index (χ2v) is 4.89. The number of nitrogens with zero attached hydrogens (tertiary/aromatic N) is 4. The molecule has 7 nitrogen and oxygen atoms in total. The van der Waals surface area contributed by atoms with Crippen LogP contribution < -0.4 is 4.74 Å². The summed E-state index contributed by atoms with van der Waals surface area (Å²) in [6, 6.07) is 6.40. The van der Waals surface area contributed by atoms with Crippen LogP contribution in [0.3, 0.4) is 0 Å². The van der Waals surface area contributed by atoms with E-state index in [2.05, 4.69) is 21.0 Å². The van der Waals surface area contributed by atoms with Crippen molar-refractivity contribution >= 4 is 21.6 Å². The highest BCUT2D eigenvalue weighted by Crippen LogP contribution is 2.35. The molecule has 20 heavy (non-hydrogen) atoms. The molecule has 1 aromatic heterocycles. The SMILES string of the molecule is Cc1nn(C)c(Oc2ccc(Br)cc2[N+](=O)[O-])c1C#N. The number of nitriles is 1. The van der Waals surface area contributed by atoms with Crippen LogP contribution in [0.25, 0.3) is 0 Å². The molecule has 0 fully saturated rings. The number of benzene rings is 1. The number of hydrogen-bond acceptors (Lipinski definition) is 5. The van der Waals surface area contributed by atoms with E-state index in [9.17, 15) is 10.1 Å². The maximum absolute atomic E-state index is 11.0. The molecule has 0 atom stereocenters. The predicted octanol–water partition coefficient (Wildman–Crippen LogP) is 3.06. The summed E-state index contributed by atoms with van der Waals surface area (Å²) in [4.78, 5) is 10.5. The Morgan fingerprint density at radius 1 is 1.55 bits per heavy atom. The number of aryl methyl sites for hydroxylation is 2. The molecule has 0 bridgehead atoms. The number of aromatic nitrogens is 2. The molecule has 0 aliphatic rings. The van der Waals surface area contributed by atoms with Gasteiger partial charge in [-0.1, -0.05) is 15.9 Å². The van der Waals surface area contributed by atoms with E-state index in [4.69, 9.17) is 10.00 Å². The van der Waals surface area contributed by atoms with Gasteiger partial charge in [-0.3, -0.25) is 10.1 Å². The molecule has 8 heteroatoms. The van der Waals surface area contributed by atoms with E-state index in [0.29, 0.717) is 10.2 Å². The first-order chi connectivity index (χ1) is 9.43. The Balaban J connectivity index is 2.51. The summed E-state index contributed by atoms with van der Waals surface area (Å²) in [5.41, 5.74) is 0.566. The number of nitro benzene ring substituents is 1. The summed E-state index contributed by atoms with van der Waals surface area (Å²) in [5.74, 6) is 0.230. The van der Waals surface area contributed by atoms with E-state index < -0.39 is 4.92 Å². The number of nitro groups is 1. The van der Waals surface area contributed by atoms with E-state index in [1.165, 1.54) is 16.8 Å². The first-order valence-corrected chi connectivity index (χ1v) is 6.29. The molecule has 0 aliphatic heterocycles. The lowest BCUT2D eigenvalue weighted by Gasteiger charge is -2.07. The fourth-order valence-electron chi connectivity index (χ4n) is 1.71. The van der Waals surface area contributed by atoms with Crippen LogP contribution >= 0.6 is 15.9 Å². The van der Waals surface area contributed by atoms with Gasteiger partial charge in [0.1, 0.15) is 11.6 Å². The summed E-state index contributed by atoms with van der Waals surface area (Å²) >= 11 is 3.17. The van der Waals surface area contributed by atoms with Gasteiger partial charge in [0.25, 0.3) is 0 Å². The molecule has 0 amide bonds. The highest BCUT2D eigenvalue weighted by Gasteiger charge is 2.21. The van der Waals surface area contributed by atoms with Crippen molar-refractivity contribution < 1.29 is 9.66 Å². The Labute approximate surface area is 122 Å². The maximum atomic E-state index is 11.0. The van der Waals surface area contributed by atoms with E-state index in [1.54, 1.807) is 20.0 Å². The largest absolute Gasteiger partial charge is 0.431 e. The molecule has 2 aromatic rings. The van der Waals surface area contributed by atoms with Crippen LogP contribution in [0.1, 0.15) is 11.3 Å². The molecule has 1 aromatic carbocycles. The van der Waals surface area contributed by atoms with Gasteiger partial charge in [0, 0.05) is 17.6 Å². The molecule has 0 saturated carbocycles. The normalized spacial score (nSPS) is 10.1. The van der Waals surface area contributed by atoms with Gasteiger partial charge in [0.2, 0.25) is 11.6 Å². The zero-order valence-electron chi connectivity index (χ0n) is 10.6. The fraction of sp³-hybridized carbons (Fsp3) is 0.167. The van der Waals surface area contributed by atoms with Gasteiger partial charge >= 0.3 is 5.69 Å². The van der Waals surface area contributed by atoms with Gasteiger partial charge in [-0.05, 0) is 19.1 Å². The first kappa shape index (κ1) is 14.0. The van der Waals surface area contributed by atoms with Crippen molar-refractivity contribution in [3.63, 3.8) is 0 Å². The average Bonchev–Trinajstić information content (AvgIpc) is 2.65. The summed E-state index contributed by atoms with van der Waals surface area (Å²) < 4.78 is 7.46. The smallest absolute Gasteiger partial charge is 0.312 e. The Hall–Kier alpha value is -2.40. The third-order valence-electron chi connectivity index (χ3n) is 2.61. The molecule has 0 spiro atoms. The van der Waals surface area contributed by atoms with Gasteiger partial charge < -0.3 is 4.74 Å². The number of ether oxygens (including phenoxy) is 1. The van der Waals surface area contributed by atoms with Crippen LogP contribution in [0.5, 0.6) is 11.6 Å². The Kier molecular flexibility index (Phi) is 3.72. The second kappa shape index (κ2) is 5.30. The average molecular weight is 337 g/mol. The van der Waals surface area contributed by atoms with Crippen molar-refractivity contribution in [3.05, 3.63) is 44.0 Å². The van der Waals surface area contributed by atoms with Gasteiger partial charge in [-0.2, -0.15) is 10.4 Å². The van der Waals surface area contributed by atoms with E-state index >= 15 is 0 Å². The molecule has 102 valence electrons. The Morgan fingerprint density at radius 2 is 2.25 bits per heavy atom. The van der Waals surface area contributed by atoms with Crippen LogP contribution in [0.2, 0.25) is 0 Å². The van der Waals surface area contributed by atoms with E-state index in [0.717, 1.165) is 0 Å². The van der Waals surface area contributed by atoms with E-state index in [-0.39, 0.29) is 22.9 Å². The summed E-state index contributed by atoms with van der Waals surface area (Å²) in [5, 5.41) is 24.2. The van der Waals surface area contributed by atoms with Crippen LogP contribution in [-0.4, -0.2) is 14.7 Å². The second-order valence-electron chi connectivity index (χ2n) is 3.97. The third kappa shape index (κ3) is 2.48. The monoisotopic (exact) mass is 336 g/mol. The van der Waals surface area contributed by atoms with Crippen LogP contribution in [0.4, 0.5) is 5.69 Å². The zero-order chi connectivity index (χ0) is 14.9. The lowest BCUT2D eigenvalue weighted by molar-refractivity contribution is -0.385. The Bertz CT molecular complexity index is 733. The summed E-state index contributed by atoms with van der Waals surface area (Å²) in [7, 11) is 1.61. The van der Waals surface area contributed by atoms with Crippen LogP contribution in [0, 0.1) is 28.4 Å². The lowest BCUT2D eigenvalue weighted by Crippen LogP contribution is -1.99. The fourth-order valence-corrected chi connectivity index (χ4v) is 2.06. The van der Waals surface area contributed by atoms with Gasteiger partial charge in [0.15, 0.2) is 0 Å². The Morgan fingerprint density at radius 3 is 2.85 bits per heavy atom. The first-order valence-electron chi connectivity index (χ1n) is 5.49. The number of rotatable bonds is 3. The van der Waals surface area contributed by atoms with Gasteiger partial charge in [-0.25, -0.2) is 4.68 Å². The molecular weight excluding hydrogens is 328 g/mol. The number of hydrogen-bond donors (Lipinski definition) is 0. The van der Waals surface area contributed by atoms with Crippen LogP contribution in [-0.2, 0) is 7.05 Å². The van der Waals surface area contributed by atoms with Crippen molar-refractivity contribution in [2.75, 3.05) is 0 Å². The van der Waals surface area contributed by atoms with E-state index in [1.807, 2.05) is 6.07 Å². The van der Waals surface area contributed by atoms with Crippen molar-refractivity contribution in [2.24, 2.45) is 7.05 Å². The minimum atomic E-state index is -0.546. The topological polar surface area (TPSA) is 94.0 Å². The minimum absolute atomic E-state index is 0.0534. The molecule has 1 heterocycles.